The molecule has 0 aliphatic carbocycles. The van der Waals surface area contributed by atoms with E-state index in [0.717, 1.165) is 36.1 Å². The maximum atomic E-state index is 11.5. The van der Waals surface area contributed by atoms with E-state index in [1.807, 2.05) is 24.3 Å². The lowest BCUT2D eigenvalue weighted by Crippen LogP contribution is -2.48. The molecule has 1 saturated heterocycles. The molecule has 0 radical (unpaired) electrons. The van der Waals surface area contributed by atoms with Crippen LogP contribution in [0.25, 0.3) is 0 Å². The Bertz CT molecular complexity index is 554. The number of halogens is 1. The third-order valence-corrected chi connectivity index (χ3v) is 5.69. The number of nitrogens with two attached hydrogens (primary N) is 1. The van der Waals surface area contributed by atoms with Crippen LogP contribution in [0.15, 0.2) is 28.7 Å². The molecule has 1 aromatic carbocycles. The van der Waals surface area contributed by atoms with E-state index in [1.165, 1.54) is 10.6 Å². The summed E-state index contributed by atoms with van der Waals surface area (Å²) in [6.45, 7) is 3.60. The Morgan fingerprint density at radius 3 is 2.29 bits per heavy atom. The number of benzene rings is 1. The van der Waals surface area contributed by atoms with Crippen LogP contribution in [0.2, 0.25) is 0 Å². The molecule has 2 rings (SSSR count). The first-order valence-corrected chi connectivity index (χ1v) is 9.69. The van der Waals surface area contributed by atoms with Gasteiger partial charge < -0.3 is 10.6 Å². The van der Waals surface area contributed by atoms with Gasteiger partial charge in [0.2, 0.25) is 10.0 Å². The van der Waals surface area contributed by atoms with E-state index < -0.39 is 10.0 Å². The number of hydrogen-bond donors (Lipinski definition) is 1. The fourth-order valence-corrected chi connectivity index (χ4v) is 3.57. The molecule has 1 atom stereocenters. The van der Waals surface area contributed by atoms with Gasteiger partial charge in [0, 0.05) is 43.2 Å². The highest BCUT2D eigenvalue weighted by atomic mass is 79.9. The molecule has 1 aliphatic heterocycles. The van der Waals surface area contributed by atoms with E-state index in [-0.39, 0.29) is 6.04 Å². The summed E-state index contributed by atoms with van der Waals surface area (Å²) in [6, 6.07) is 8.10. The molecule has 1 aromatic rings. The second-order valence-electron chi connectivity index (χ2n) is 5.45. The van der Waals surface area contributed by atoms with Gasteiger partial charge in [-0.15, -0.1) is 0 Å². The lowest BCUT2D eigenvalue weighted by Gasteiger charge is -2.33. The molecular weight excluding hydrogens is 354 g/mol. The van der Waals surface area contributed by atoms with Crippen LogP contribution in [0.5, 0.6) is 0 Å². The molecule has 21 heavy (non-hydrogen) atoms. The van der Waals surface area contributed by atoms with Crippen LogP contribution in [0, 0.1) is 0 Å². The Morgan fingerprint density at radius 1 is 1.19 bits per heavy atom. The molecule has 5 nitrogen and oxygen atoms in total. The SMILES string of the molecule is CS(=O)(=O)N1CCN(CCC(N)c2ccc(Br)cc2)CC1. The van der Waals surface area contributed by atoms with E-state index in [2.05, 4.69) is 20.8 Å². The lowest BCUT2D eigenvalue weighted by atomic mass is 10.0. The number of sulfonamides is 1. The summed E-state index contributed by atoms with van der Waals surface area (Å²) >= 11 is 3.41. The van der Waals surface area contributed by atoms with Crippen molar-refractivity contribution >= 4 is 26.0 Å². The minimum atomic E-state index is -3.05. The Morgan fingerprint density at radius 2 is 1.76 bits per heavy atom. The summed E-state index contributed by atoms with van der Waals surface area (Å²) in [5.41, 5.74) is 7.34. The zero-order valence-electron chi connectivity index (χ0n) is 12.2. The molecule has 7 heteroatoms. The second kappa shape index (κ2) is 7.19. The van der Waals surface area contributed by atoms with Gasteiger partial charge in [0.05, 0.1) is 6.26 Å². The van der Waals surface area contributed by atoms with Crippen molar-refractivity contribution in [2.45, 2.75) is 12.5 Å². The standard InChI is InChI=1S/C14H22BrN3O2S/c1-21(19,20)18-10-8-17(9-11-18)7-6-14(16)12-2-4-13(15)5-3-12/h2-5,14H,6-11,16H2,1H3. The zero-order chi connectivity index (χ0) is 15.5. The fourth-order valence-electron chi connectivity index (χ4n) is 2.48. The van der Waals surface area contributed by atoms with Crippen LogP contribution in [0.4, 0.5) is 0 Å². The minimum Gasteiger partial charge on any atom is -0.324 e. The maximum absolute atomic E-state index is 11.5. The highest BCUT2D eigenvalue weighted by Gasteiger charge is 2.23. The average molecular weight is 376 g/mol. The normalized spacial score (nSPS) is 19.6. The van der Waals surface area contributed by atoms with Gasteiger partial charge >= 0.3 is 0 Å². The highest BCUT2D eigenvalue weighted by Crippen LogP contribution is 2.18. The van der Waals surface area contributed by atoms with E-state index in [1.54, 1.807) is 0 Å². The molecule has 118 valence electrons. The van der Waals surface area contributed by atoms with Crippen molar-refractivity contribution in [1.82, 2.24) is 9.21 Å². The number of hydrogen-bond acceptors (Lipinski definition) is 4. The van der Waals surface area contributed by atoms with Crippen LogP contribution in [0.3, 0.4) is 0 Å². The molecular formula is C14H22BrN3O2S. The fraction of sp³-hybridized carbons (Fsp3) is 0.571. The zero-order valence-corrected chi connectivity index (χ0v) is 14.6. The third kappa shape index (κ3) is 5.03. The quantitative estimate of drug-likeness (QED) is 0.844. The predicted octanol–water partition coefficient (Wildman–Crippen LogP) is 1.42. The maximum Gasteiger partial charge on any atom is 0.211 e. The Kier molecular flexibility index (Phi) is 5.79. The van der Waals surface area contributed by atoms with Crippen LogP contribution >= 0.6 is 15.9 Å². The first-order chi connectivity index (χ1) is 9.86. The Balaban J connectivity index is 1.78. The van der Waals surface area contributed by atoms with Crippen molar-refractivity contribution in [1.29, 1.82) is 0 Å². The van der Waals surface area contributed by atoms with E-state index >= 15 is 0 Å². The smallest absolute Gasteiger partial charge is 0.211 e. The second-order valence-corrected chi connectivity index (χ2v) is 8.35. The summed E-state index contributed by atoms with van der Waals surface area (Å²) in [4.78, 5) is 2.28. The third-order valence-electron chi connectivity index (χ3n) is 3.85. The van der Waals surface area contributed by atoms with E-state index in [4.69, 9.17) is 5.73 Å². The van der Waals surface area contributed by atoms with Gasteiger partial charge in [-0.25, -0.2) is 8.42 Å². The van der Waals surface area contributed by atoms with Crippen molar-refractivity contribution < 1.29 is 8.42 Å². The first kappa shape index (κ1) is 16.9. The monoisotopic (exact) mass is 375 g/mol. The molecule has 0 bridgehead atoms. The van der Waals surface area contributed by atoms with Crippen LogP contribution in [-0.2, 0) is 10.0 Å². The van der Waals surface area contributed by atoms with Crippen molar-refractivity contribution in [2.24, 2.45) is 5.73 Å². The highest BCUT2D eigenvalue weighted by molar-refractivity contribution is 9.10. The van der Waals surface area contributed by atoms with Crippen LogP contribution < -0.4 is 5.73 Å². The molecule has 1 unspecified atom stereocenters. The largest absolute Gasteiger partial charge is 0.324 e. The molecule has 0 saturated carbocycles. The molecule has 0 spiro atoms. The summed E-state index contributed by atoms with van der Waals surface area (Å²) in [5.74, 6) is 0. The van der Waals surface area contributed by atoms with E-state index in [0.29, 0.717) is 13.1 Å². The van der Waals surface area contributed by atoms with Crippen molar-refractivity contribution in [2.75, 3.05) is 39.0 Å². The lowest BCUT2D eigenvalue weighted by molar-refractivity contribution is 0.184. The van der Waals surface area contributed by atoms with Gasteiger partial charge in [-0.2, -0.15) is 4.31 Å². The van der Waals surface area contributed by atoms with Gasteiger partial charge in [0.15, 0.2) is 0 Å². The Hall–Kier alpha value is -0.470. The molecule has 1 aliphatic rings. The predicted molar refractivity (Wildman–Crippen MR) is 88.5 cm³/mol. The van der Waals surface area contributed by atoms with E-state index in [9.17, 15) is 8.42 Å². The summed E-state index contributed by atoms with van der Waals surface area (Å²) in [7, 11) is -3.05. The topological polar surface area (TPSA) is 66.6 Å². The van der Waals surface area contributed by atoms with Crippen LogP contribution in [-0.4, -0.2) is 56.6 Å². The number of nitrogens with zero attached hydrogens (tertiary/aromatic N) is 2. The van der Waals surface area contributed by atoms with Crippen molar-refractivity contribution in [3.8, 4) is 0 Å². The number of rotatable bonds is 5. The van der Waals surface area contributed by atoms with Gasteiger partial charge in [-0.05, 0) is 24.1 Å². The summed E-state index contributed by atoms with van der Waals surface area (Å²) < 4.78 is 25.5. The Labute approximate surface area is 135 Å². The number of piperazine rings is 1. The van der Waals surface area contributed by atoms with Gasteiger partial charge in [0.25, 0.3) is 0 Å². The summed E-state index contributed by atoms with van der Waals surface area (Å²) in [6.07, 6.45) is 2.15. The molecule has 1 heterocycles. The van der Waals surface area contributed by atoms with Crippen molar-refractivity contribution in [3.05, 3.63) is 34.3 Å². The van der Waals surface area contributed by atoms with Crippen LogP contribution in [0.1, 0.15) is 18.0 Å². The molecule has 1 fully saturated rings. The summed E-state index contributed by atoms with van der Waals surface area (Å²) in [5, 5.41) is 0. The van der Waals surface area contributed by atoms with Gasteiger partial charge in [0.1, 0.15) is 0 Å². The molecule has 2 N–H and O–H groups in total. The molecule has 0 aromatic heterocycles. The minimum absolute atomic E-state index is 0.0195. The molecule has 0 amide bonds. The first-order valence-electron chi connectivity index (χ1n) is 7.05. The van der Waals surface area contributed by atoms with Gasteiger partial charge in [-0.3, -0.25) is 0 Å². The van der Waals surface area contributed by atoms with Gasteiger partial charge in [-0.1, -0.05) is 28.1 Å². The van der Waals surface area contributed by atoms with Crippen molar-refractivity contribution in [3.63, 3.8) is 0 Å². The average Bonchev–Trinajstić information content (AvgIpc) is 2.45.